The molecule has 0 atom stereocenters. The van der Waals surface area contributed by atoms with Crippen molar-refractivity contribution in [1.29, 1.82) is 0 Å². The molecule has 2 rings (SSSR count). The molecular weight excluding hydrogens is 287 g/mol. The number of rotatable bonds is 3. The van der Waals surface area contributed by atoms with Crippen molar-refractivity contribution >= 4 is 21.7 Å². The van der Waals surface area contributed by atoms with Gasteiger partial charge in [-0.05, 0) is 24.3 Å². The van der Waals surface area contributed by atoms with Crippen molar-refractivity contribution in [3.8, 4) is 5.75 Å². The second-order valence-corrected chi connectivity index (χ2v) is 4.36. The van der Waals surface area contributed by atoms with Gasteiger partial charge in [-0.2, -0.15) is 0 Å². The Hall–Kier alpha value is -1.62. The van der Waals surface area contributed by atoms with Crippen molar-refractivity contribution in [3.63, 3.8) is 0 Å². The fourth-order valence-corrected chi connectivity index (χ4v) is 1.79. The summed E-state index contributed by atoms with van der Waals surface area (Å²) in [4.78, 5) is 4.08. The fraction of sp³-hybridized carbons (Fsp3) is 0.0833. The lowest BCUT2D eigenvalue weighted by atomic mass is 10.3. The summed E-state index contributed by atoms with van der Waals surface area (Å²) in [6, 6.07) is 9.66. The highest BCUT2D eigenvalue weighted by atomic mass is 79.9. The molecule has 0 saturated carbocycles. The number of nitrogens with two attached hydrogens (primary N) is 1. The normalized spacial score (nSPS) is 10.2. The average molecular weight is 297 g/mol. The molecule has 3 nitrogen and oxygen atoms in total. The van der Waals surface area contributed by atoms with E-state index in [0.717, 1.165) is 0 Å². The first-order valence-corrected chi connectivity index (χ1v) is 5.73. The number of benzene rings is 1. The van der Waals surface area contributed by atoms with E-state index >= 15 is 0 Å². The molecule has 0 aliphatic heterocycles. The highest BCUT2D eigenvalue weighted by Crippen LogP contribution is 2.21. The molecule has 0 radical (unpaired) electrons. The minimum Gasteiger partial charge on any atom is -0.487 e. The molecule has 0 aliphatic carbocycles. The van der Waals surface area contributed by atoms with Gasteiger partial charge in [0.1, 0.15) is 24.0 Å². The summed E-state index contributed by atoms with van der Waals surface area (Å²) < 4.78 is 19.1. The Morgan fingerprint density at radius 3 is 2.82 bits per heavy atom. The molecule has 17 heavy (non-hydrogen) atoms. The van der Waals surface area contributed by atoms with Gasteiger partial charge < -0.3 is 10.5 Å². The first kappa shape index (κ1) is 11.9. The molecular formula is C12H10BrFN2O. The fourth-order valence-electron chi connectivity index (χ4n) is 1.35. The first-order chi connectivity index (χ1) is 8.13. The van der Waals surface area contributed by atoms with Gasteiger partial charge in [-0.25, -0.2) is 9.37 Å². The largest absolute Gasteiger partial charge is 0.487 e. The summed E-state index contributed by atoms with van der Waals surface area (Å²) in [7, 11) is 0. The van der Waals surface area contributed by atoms with Gasteiger partial charge in [-0.1, -0.05) is 22.0 Å². The van der Waals surface area contributed by atoms with Crippen molar-refractivity contribution in [1.82, 2.24) is 4.98 Å². The Morgan fingerprint density at radius 1 is 1.29 bits per heavy atom. The van der Waals surface area contributed by atoms with Crippen LogP contribution in [0.1, 0.15) is 5.69 Å². The summed E-state index contributed by atoms with van der Waals surface area (Å²) in [5.74, 6) is 0.530. The summed E-state index contributed by atoms with van der Waals surface area (Å²) in [5, 5.41) is 0. The average Bonchev–Trinajstić information content (AvgIpc) is 2.25. The lowest BCUT2D eigenvalue weighted by Gasteiger charge is -2.06. The molecule has 0 unspecified atom stereocenters. The number of hydrogen-bond acceptors (Lipinski definition) is 3. The van der Waals surface area contributed by atoms with Crippen LogP contribution in [0, 0.1) is 5.82 Å². The Labute approximate surface area is 107 Å². The van der Waals surface area contributed by atoms with Crippen LogP contribution < -0.4 is 10.5 Å². The maximum Gasteiger partial charge on any atom is 0.130 e. The molecule has 0 amide bonds. The molecule has 0 spiro atoms. The maximum atomic E-state index is 13.1. The molecule has 0 fully saturated rings. The number of anilines is 1. The van der Waals surface area contributed by atoms with E-state index in [1.54, 1.807) is 24.3 Å². The lowest BCUT2D eigenvalue weighted by molar-refractivity contribution is 0.300. The van der Waals surface area contributed by atoms with Crippen LogP contribution in [0.4, 0.5) is 10.2 Å². The Morgan fingerprint density at radius 2 is 2.12 bits per heavy atom. The van der Waals surface area contributed by atoms with Crippen LogP contribution in [0.2, 0.25) is 0 Å². The van der Waals surface area contributed by atoms with Gasteiger partial charge in [0, 0.05) is 10.5 Å². The molecule has 1 aromatic carbocycles. The van der Waals surface area contributed by atoms with Crippen LogP contribution in [0.15, 0.2) is 40.9 Å². The topological polar surface area (TPSA) is 48.1 Å². The standard InChI is InChI=1S/C12H10BrFN2O/c13-8-4-9(14)6-11(5-8)17-7-10-2-1-3-12(15)16-10/h1-6H,7H2,(H2,15,16). The molecule has 1 aromatic heterocycles. The van der Waals surface area contributed by atoms with Gasteiger partial charge in [0.25, 0.3) is 0 Å². The van der Waals surface area contributed by atoms with Gasteiger partial charge in [-0.15, -0.1) is 0 Å². The number of nitrogen functional groups attached to an aromatic ring is 1. The first-order valence-electron chi connectivity index (χ1n) is 4.94. The van der Waals surface area contributed by atoms with Crippen LogP contribution in [-0.4, -0.2) is 4.98 Å². The van der Waals surface area contributed by atoms with E-state index in [1.165, 1.54) is 12.1 Å². The number of pyridine rings is 1. The smallest absolute Gasteiger partial charge is 0.130 e. The minimum absolute atomic E-state index is 0.251. The van der Waals surface area contributed by atoms with Crippen LogP contribution >= 0.6 is 15.9 Å². The van der Waals surface area contributed by atoms with Crippen molar-refractivity contribution in [2.45, 2.75) is 6.61 Å². The van der Waals surface area contributed by atoms with Gasteiger partial charge in [0.05, 0.1) is 5.69 Å². The molecule has 2 aromatic rings. The van der Waals surface area contributed by atoms with Gasteiger partial charge in [-0.3, -0.25) is 0 Å². The zero-order valence-corrected chi connectivity index (χ0v) is 10.4. The third-order valence-electron chi connectivity index (χ3n) is 2.05. The summed E-state index contributed by atoms with van der Waals surface area (Å²) in [6.07, 6.45) is 0. The lowest BCUT2D eigenvalue weighted by Crippen LogP contribution is -2.00. The Kier molecular flexibility index (Phi) is 3.58. The molecule has 88 valence electrons. The quantitative estimate of drug-likeness (QED) is 0.946. The number of aromatic nitrogens is 1. The van der Waals surface area contributed by atoms with Gasteiger partial charge in [0.15, 0.2) is 0 Å². The number of nitrogens with zero attached hydrogens (tertiary/aromatic N) is 1. The van der Waals surface area contributed by atoms with Crippen molar-refractivity contribution in [3.05, 3.63) is 52.4 Å². The third-order valence-corrected chi connectivity index (χ3v) is 2.51. The molecule has 0 bridgehead atoms. The highest BCUT2D eigenvalue weighted by molar-refractivity contribution is 9.10. The van der Waals surface area contributed by atoms with Gasteiger partial charge >= 0.3 is 0 Å². The number of halogens is 2. The van der Waals surface area contributed by atoms with Crippen LogP contribution in [-0.2, 0) is 6.61 Å². The zero-order chi connectivity index (χ0) is 12.3. The SMILES string of the molecule is Nc1cccc(COc2cc(F)cc(Br)c2)n1. The Balaban J connectivity index is 2.07. The van der Waals surface area contributed by atoms with Crippen LogP contribution in [0.25, 0.3) is 0 Å². The van der Waals surface area contributed by atoms with E-state index in [1.807, 2.05) is 0 Å². The molecule has 2 N–H and O–H groups in total. The molecule has 1 heterocycles. The predicted molar refractivity (Wildman–Crippen MR) is 67.1 cm³/mol. The molecule has 5 heteroatoms. The van der Waals surface area contributed by atoms with E-state index in [9.17, 15) is 4.39 Å². The predicted octanol–water partition coefficient (Wildman–Crippen LogP) is 3.14. The van der Waals surface area contributed by atoms with Gasteiger partial charge in [0.2, 0.25) is 0 Å². The van der Waals surface area contributed by atoms with E-state index in [4.69, 9.17) is 10.5 Å². The maximum absolute atomic E-state index is 13.1. The van der Waals surface area contributed by atoms with E-state index in [-0.39, 0.29) is 12.4 Å². The second-order valence-electron chi connectivity index (χ2n) is 3.45. The molecule has 0 aliphatic rings. The molecule has 0 saturated heterocycles. The van der Waals surface area contributed by atoms with Crippen LogP contribution in [0.3, 0.4) is 0 Å². The number of hydrogen-bond donors (Lipinski definition) is 1. The summed E-state index contributed by atoms with van der Waals surface area (Å²) in [6.45, 7) is 0.251. The third kappa shape index (κ3) is 3.42. The minimum atomic E-state index is -0.352. The van der Waals surface area contributed by atoms with Crippen molar-refractivity contribution in [2.24, 2.45) is 0 Å². The van der Waals surface area contributed by atoms with E-state index in [0.29, 0.717) is 21.7 Å². The van der Waals surface area contributed by atoms with E-state index < -0.39 is 0 Å². The van der Waals surface area contributed by atoms with Crippen molar-refractivity contribution in [2.75, 3.05) is 5.73 Å². The zero-order valence-electron chi connectivity index (χ0n) is 8.86. The number of ether oxygens (including phenoxy) is 1. The summed E-state index contributed by atoms with van der Waals surface area (Å²) in [5.41, 5.74) is 6.24. The summed E-state index contributed by atoms with van der Waals surface area (Å²) >= 11 is 3.20. The highest BCUT2D eigenvalue weighted by Gasteiger charge is 2.01. The van der Waals surface area contributed by atoms with E-state index in [2.05, 4.69) is 20.9 Å². The second kappa shape index (κ2) is 5.14. The monoisotopic (exact) mass is 296 g/mol. The van der Waals surface area contributed by atoms with Crippen molar-refractivity contribution < 1.29 is 9.13 Å². The Bertz CT molecular complexity index is 513. The van der Waals surface area contributed by atoms with Crippen LogP contribution in [0.5, 0.6) is 5.75 Å².